The van der Waals surface area contributed by atoms with E-state index in [0.29, 0.717) is 0 Å². The van der Waals surface area contributed by atoms with Crippen molar-refractivity contribution in [3.63, 3.8) is 0 Å². The smallest absolute Gasteiger partial charge is 0.410 e. The number of hydrogen-bond donors (Lipinski definition) is 1. The number of hydrogen-bond acceptors (Lipinski definition) is 3. The number of amides is 1. The lowest BCUT2D eigenvalue weighted by Gasteiger charge is -2.40. The van der Waals surface area contributed by atoms with Crippen LogP contribution in [0, 0.1) is 0 Å². The van der Waals surface area contributed by atoms with Gasteiger partial charge in [0.15, 0.2) is 0 Å². The van der Waals surface area contributed by atoms with Crippen LogP contribution in [0.3, 0.4) is 0 Å². The average molecular weight is 302 g/mol. The molecule has 1 aliphatic heterocycles. The van der Waals surface area contributed by atoms with Crippen LogP contribution in [0.2, 0.25) is 0 Å². The Morgan fingerprint density at radius 1 is 1.27 bits per heavy atom. The molecule has 1 aromatic carbocycles. The second-order valence-electron chi connectivity index (χ2n) is 7.65. The van der Waals surface area contributed by atoms with Crippen LogP contribution in [-0.4, -0.2) is 29.7 Å². The van der Waals surface area contributed by atoms with E-state index < -0.39 is 5.60 Å². The highest BCUT2D eigenvalue weighted by atomic mass is 16.6. The minimum absolute atomic E-state index is 0.129. The number of carbonyl (C=O) groups excluding carboxylic acids is 1. The van der Waals surface area contributed by atoms with Gasteiger partial charge in [-0.1, -0.05) is 24.3 Å². The van der Waals surface area contributed by atoms with Gasteiger partial charge in [-0.25, -0.2) is 4.79 Å². The Labute approximate surface area is 132 Å². The molecule has 0 radical (unpaired) electrons. The number of rotatable bonds is 0. The third kappa shape index (κ3) is 2.72. The van der Waals surface area contributed by atoms with Gasteiger partial charge >= 0.3 is 6.09 Å². The summed E-state index contributed by atoms with van der Waals surface area (Å²) in [6.07, 6.45) is 2.74. The first-order chi connectivity index (χ1) is 10.3. The molecule has 22 heavy (non-hydrogen) atoms. The third-order valence-corrected chi connectivity index (χ3v) is 4.91. The molecule has 1 heterocycles. The van der Waals surface area contributed by atoms with Gasteiger partial charge in [0.25, 0.3) is 0 Å². The Morgan fingerprint density at radius 3 is 2.55 bits per heavy atom. The van der Waals surface area contributed by atoms with E-state index in [1.807, 2.05) is 25.7 Å². The highest BCUT2D eigenvalue weighted by Gasteiger charge is 2.45. The number of carbonyl (C=O) groups is 1. The van der Waals surface area contributed by atoms with Gasteiger partial charge in [-0.15, -0.1) is 0 Å². The van der Waals surface area contributed by atoms with Crippen LogP contribution in [0.1, 0.15) is 57.2 Å². The van der Waals surface area contributed by atoms with Crippen molar-refractivity contribution in [3.05, 3.63) is 35.4 Å². The molecule has 0 saturated carbocycles. The Bertz CT molecular complexity index is 569. The highest BCUT2D eigenvalue weighted by molar-refractivity contribution is 5.68. The van der Waals surface area contributed by atoms with Crippen LogP contribution in [0.15, 0.2) is 24.3 Å². The number of fused-ring (bicyclic) bond motifs is 2. The van der Waals surface area contributed by atoms with E-state index in [2.05, 4.69) is 24.3 Å². The zero-order chi connectivity index (χ0) is 16.0. The zero-order valence-electron chi connectivity index (χ0n) is 13.8. The summed E-state index contributed by atoms with van der Waals surface area (Å²) in [6.45, 7) is 7.21. The maximum atomic E-state index is 12.2. The van der Waals surface area contributed by atoms with E-state index in [1.165, 1.54) is 11.1 Å². The lowest BCUT2D eigenvalue weighted by Crippen LogP contribution is -2.46. The summed E-state index contributed by atoms with van der Waals surface area (Å²) in [5.41, 5.74) is 8.72. The average Bonchev–Trinajstić information content (AvgIpc) is 2.71. The van der Waals surface area contributed by atoms with Crippen LogP contribution in [0.5, 0.6) is 0 Å². The minimum atomic E-state index is -0.436. The van der Waals surface area contributed by atoms with Crippen molar-refractivity contribution in [2.24, 2.45) is 5.73 Å². The predicted molar refractivity (Wildman–Crippen MR) is 86.7 cm³/mol. The first-order valence-corrected chi connectivity index (χ1v) is 8.14. The Balaban J connectivity index is 1.71. The van der Waals surface area contributed by atoms with Crippen LogP contribution in [0.4, 0.5) is 4.79 Å². The van der Waals surface area contributed by atoms with Crippen LogP contribution in [0.25, 0.3) is 0 Å². The summed E-state index contributed by atoms with van der Waals surface area (Å²) >= 11 is 0. The molecule has 120 valence electrons. The molecule has 4 nitrogen and oxygen atoms in total. The van der Waals surface area contributed by atoms with Gasteiger partial charge in [0, 0.05) is 24.5 Å². The molecule has 0 bridgehead atoms. The molecule has 0 unspecified atom stereocenters. The Hall–Kier alpha value is -1.55. The zero-order valence-corrected chi connectivity index (χ0v) is 13.8. The molecule has 1 atom stereocenters. The standard InChI is InChI=1S/C18H26N2O2/c1-17(2,3)22-16(21)20-10-8-18(9-11-20)12-15(19)13-6-4-5-7-14(13)18/h4-7,15H,8-12,19H2,1-3H3/t15-/m0/s1. The minimum Gasteiger partial charge on any atom is -0.444 e. The largest absolute Gasteiger partial charge is 0.444 e. The molecule has 0 aromatic heterocycles. The summed E-state index contributed by atoms with van der Waals surface area (Å²) in [5.74, 6) is 0. The maximum Gasteiger partial charge on any atom is 0.410 e. The molecule has 1 aromatic rings. The lowest BCUT2D eigenvalue weighted by molar-refractivity contribution is 0.0162. The number of ether oxygens (including phenoxy) is 1. The molecule has 1 amide bonds. The summed E-state index contributed by atoms with van der Waals surface area (Å²) in [5, 5.41) is 0. The second-order valence-corrected chi connectivity index (χ2v) is 7.65. The second kappa shape index (κ2) is 5.27. The molecule has 1 saturated heterocycles. The highest BCUT2D eigenvalue weighted by Crippen LogP contribution is 2.49. The molecular formula is C18H26N2O2. The fourth-order valence-corrected chi connectivity index (χ4v) is 3.86. The summed E-state index contributed by atoms with van der Waals surface area (Å²) in [4.78, 5) is 14.0. The van der Waals surface area contributed by atoms with Crippen molar-refractivity contribution >= 4 is 6.09 Å². The number of benzene rings is 1. The van der Waals surface area contributed by atoms with Crippen molar-refractivity contribution in [2.45, 2.75) is 57.1 Å². The first kappa shape index (κ1) is 15.3. The summed E-state index contributed by atoms with van der Waals surface area (Å²) < 4.78 is 5.48. The van der Waals surface area contributed by atoms with Gasteiger partial charge < -0.3 is 15.4 Å². The third-order valence-electron chi connectivity index (χ3n) is 4.91. The first-order valence-electron chi connectivity index (χ1n) is 8.14. The van der Waals surface area contributed by atoms with Gasteiger partial charge in [-0.3, -0.25) is 0 Å². The van der Waals surface area contributed by atoms with Gasteiger partial charge in [-0.2, -0.15) is 0 Å². The van der Waals surface area contributed by atoms with Crippen molar-refractivity contribution in [2.75, 3.05) is 13.1 Å². The summed E-state index contributed by atoms with van der Waals surface area (Å²) in [6, 6.07) is 8.65. The molecule has 1 aliphatic carbocycles. The van der Waals surface area contributed by atoms with Crippen LogP contribution in [-0.2, 0) is 10.2 Å². The fourth-order valence-electron chi connectivity index (χ4n) is 3.86. The van der Waals surface area contributed by atoms with Crippen molar-refractivity contribution in [3.8, 4) is 0 Å². The molecule has 4 heteroatoms. The Kier molecular flexibility index (Phi) is 3.68. The van der Waals surface area contributed by atoms with Crippen molar-refractivity contribution < 1.29 is 9.53 Å². The molecular weight excluding hydrogens is 276 g/mol. The number of piperidine rings is 1. The fraction of sp³-hybridized carbons (Fsp3) is 0.611. The van der Waals surface area contributed by atoms with E-state index in [4.69, 9.17) is 10.5 Å². The number of nitrogens with two attached hydrogens (primary N) is 1. The monoisotopic (exact) mass is 302 g/mol. The SMILES string of the molecule is CC(C)(C)OC(=O)N1CCC2(CC1)C[C@H](N)c1ccccc12. The van der Waals surface area contributed by atoms with E-state index in [1.54, 1.807) is 0 Å². The van der Waals surface area contributed by atoms with Gasteiger partial charge in [0.1, 0.15) is 5.60 Å². The van der Waals surface area contributed by atoms with Gasteiger partial charge in [0.05, 0.1) is 0 Å². The van der Waals surface area contributed by atoms with E-state index in [-0.39, 0.29) is 17.6 Å². The quantitative estimate of drug-likeness (QED) is 0.799. The maximum absolute atomic E-state index is 12.2. The van der Waals surface area contributed by atoms with E-state index >= 15 is 0 Å². The normalized spacial score (nSPS) is 23.5. The number of likely N-dealkylation sites (tertiary alicyclic amines) is 1. The molecule has 1 fully saturated rings. The van der Waals surface area contributed by atoms with Crippen molar-refractivity contribution in [1.82, 2.24) is 4.90 Å². The molecule has 2 aliphatic rings. The predicted octanol–water partition coefficient (Wildman–Crippen LogP) is 3.36. The lowest BCUT2D eigenvalue weighted by atomic mass is 9.74. The number of nitrogens with zero attached hydrogens (tertiary/aromatic N) is 1. The van der Waals surface area contributed by atoms with Gasteiger partial charge in [0.2, 0.25) is 0 Å². The van der Waals surface area contributed by atoms with Crippen LogP contribution >= 0.6 is 0 Å². The molecule has 2 N–H and O–H groups in total. The molecule has 1 spiro atoms. The van der Waals surface area contributed by atoms with Crippen LogP contribution < -0.4 is 5.73 Å². The van der Waals surface area contributed by atoms with Crippen molar-refractivity contribution in [1.29, 1.82) is 0 Å². The van der Waals surface area contributed by atoms with E-state index in [0.717, 1.165) is 32.4 Å². The molecule has 3 rings (SSSR count). The Morgan fingerprint density at radius 2 is 1.91 bits per heavy atom. The summed E-state index contributed by atoms with van der Waals surface area (Å²) in [7, 11) is 0. The van der Waals surface area contributed by atoms with E-state index in [9.17, 15) is 4.79 Å². The topological polar surface area (TPSA) is 55.6 Å². The van der Waals surface area contributed by atoms with Gasteiger partial charge in [-0.05, 0) is 51.2 Å².